The van der Waals surface area contributed by atoms with Gasteiger partial charge in [-0.15, -0.1) is 0 Å². The van der Waals surface area contributed by atoms with E-state index < -0.39 is 34.3 Å². The zero-order chi connectivity index (χ0) is 24.7. The van der Waals surface area contributed by atoms with Crippen LogP contribution in [-0.4, -0.2) is 46.9 Å². The van der Waals surface area contributed by atoms with Gasteiger partial charge < -0.3 is 10.2 Å². The van der Waals surface area contributed by atoms with Crippen LogP contribution in [0.3, 0.4) is 0 Å². The monoisotopic (exact) mass is 485 g/mol. The Bertz CT molecular complexity index is 1150. The maximum absolute atomic E-state index is 12.5. The van der Waals surface area contributed by atoms with E-state index in [1.165, 1.54) is 3.97 Å². The number of para-hydroxylation sites is 1. The number of carboxylic acid groups (broad SMARTS) is 2. The number of benzene rings is 2. The van der Waals surface area contributed by atoms with Crippen LogP contribution in [0.2, 0.25) is 0 Å². The van der Waals surface area contributed by atoms with Crippen LogP contribution in [0.25, 0.3) is 10.9 Å². The van der Waals surface area contributed by atoms with Gasteiger partial charge in [-0.05, 0) is 24.3 Å². The number of hydrogen-bond acceptors (Lipinski definition) is 4. The molecule has 0 aliphatic rings. The number of nitrogens with zero attached hydrogens (tertiary/aromatic N) is 1. The topological polar surface area (TPSA) is 114 Å². The summed E-state index contributed by atoms with van der Waals surface area (Å²) in [4.78, 5) is 18.1. The van der Waals surface area contributed by atoms with Crippen molar-refractivity contribution in [3.8, 4) is 0 Å². The summed E-state index contributed by atoms with van der Waals surface area (Å²) >= 11 is 0. The molecule has 0 radical (unpaired) electrons. The highest BCUT2D eigenvalue weighted by atomic mass is 32.2. The molecule has 0 amide bonds. The van der Waals surface area contributed by atoms with Gasteiger partial charge in [-0.3, -0.25) is 0 Å². The molecule has 174 valence electrons. The Morgan fingerprint density at radius 3 is 1.56 bits per heavy atom. The largest absolute Gasteiger partial charge is 0.490 e. The lowest BCUT2D eigenvalue weighted by Gasteiger charge is -2.07. The molecule has 0 unspecified atom stereocenters. The number of fused-ring (bicyclic) bond motifs is 1. The summed E-state index contributed by atoms with van der Waals surface area (Å²) in [7, 11) is -3.51. The Morgan fingerprint density at radius 2 is 1.12 bits per heavy atom. The number of hydrogen-bond donors (Lipinski definition) is 2. The number of aromatic nitrogens is 1. The molecule has 1 aromatic heterocycles. The maximum Gasteiger partial charge on any atom is 0.490 e. The normalized spacial score (nSPS) is 11.6. The average molecular weight is 485 g/mol. The summed E-state index contributed by atoms with van der Waals surface area (Å²) in [5.74, 6) is -5.51. The molecular weight excluding hydrogens is 472 g/mol. The van der Waals surface area contributed by atoms with Crippen LogP contribution in [0.15, 0.2) is 71.8 Å². The van der Waals surface area contributed by atoms with Gasteiger partial charge in [-0.1, -0.05) is 36.4 Å². The van der Waals surface area contributed by atoms with E-state index in [9.17, 15) is 34.8 Å². The average Bonchev–Trinajstić information content (AvgIpc) is 3.13. The zero-order valence-electron chi connectivity index (χ0n) is 15.5. The van der Waals surface area contributed by atoms with Crippen LogP contribution in [0.4, 0.5) is 26.3 Å². The third kappa shape index (κ3) is 7.30. The number of rotatable bonds is 2. The molecule has 0 fully saturated rings. The van der Waals surface area contributed by atoms with Crippen molar-refractivity contribution in [3.05, 3.63) is 66.9 Å². The van der Waals surface area contributed by atoms with E-state index in [2.05, 4.69) is 0 Å². The summed E-state index contributed by atoms with van der Waals surface area (Å²) in [5, 5.41) is 15.2. The highest BCUT2D eigenvalue weighted by Gasteiger charge is 2.38. The number of halogens is 6. The first-order valence-electron chi connectivity index (χ1n) is 8.05. The predicted molar refractivity (Wildman–Crippen MR) is 98.3 cm³/mol. The molecular formula is C18H13F6NO6S. The first-order chi connectivity index (χ1) is 14.6. The molecule has 7 nitrogen and oxygen atoms in total. The van der Waals surface area contributed by atoms with E-state index in [0.717, 1.165) is 5.39 Å². The van der Waals surface area contributed by atoms with Crippen LogP contribution < -0.4 is 0 Å². The molecule has 1 heterocycles. The van der Waals surface area contributed by atoms with Crippen molar-refractivity contribution >= 4 is 32.9 Å². The minimum absolute atomic E-state index is 0.298. The van der Waals surface area contributed by atoms with Crippen LogP contribution in [-0.2, 0) is 19.6 Å². The van der Waals surface area contributed by atoms with Crippen molar-refractivity contribution in [1.29, 1.82) is 0 Å². The summed E-state index contributed by atoms with van der Waals surface area (Å²) in [5.41, 5.74) is 0.696. The second kappa shape index (κ2) is 10.2. The van der Waals surface area contributed by atoms with E-state index in [0.29, 0.717) is 10.4 Å². The van der Waals surface area contributed by atoms with Crippen molar-refractivity contribution in [2.75, 3.05) is 0 Å². The molecule has 0 bridgehead atoms. The SMILES string of the molecule is O=C(O)C(F)(F)F.O=C(O)C(F)(F)F.O=S(=O)(c1ccccc1)n1ccc2ccccc21. The zero-order valence-corrected chi connectivity index (χ0v) is 16.3. The van der Waals surface area contributed by atoms with Crippen LogP contribution in [0.5, 0.6) is 0 Å². The fourth-order valence-corrected chi connectivity index (χ4v) is 3.35. The first kappa shape index (κ1) is 26.5. The lowest BCUT2D eigenvalue weighted by Crippen LogP contribution is -2.21. The minimum Gasteiger partial charge on any atom is -0.475 e. The van der Waals surface area contributed by atoms with Crippen molar-refractivity contribution in [2.45, 2.75) is 17.2 Å². The van der Waals surface area contributed by atoms with E-state index in [1.807, 2.05) is 18.2 Å². The highest BCUT2D eigenvalue weighted by Crippen LogP contribution is 2.21. The molecule has 2 aromatic carbocycles. The Labute approximate surface area is 176 Å². The number of carbonyl (C=O) groups is 2. The van der Waals surface area contributed by atoms with Gasteiger partial charge in [0.2, 0.25) is 0 Å². The molecule has 0 aliphatic heterocycles. The van der Waals surface area contributed by atoms with E-state index in [1.54, 1.807) is 48.7 Å². The van der Waals surface area contributed by atoms with Crippen LogP contribution in [0.1, 0.15) is 0 Å². The predicted octanol–water partition coefficient (Wildman–Crippen LogP) is 4.14. The second-order valence-corrected chi connectivity index (χ2v) is 7.41. The summed E-state index contributed by atoms with van der Waals surface area (Å²) in [6.07, 6.45) is -8.58. The Balaban J connectivity index is 0.000000305. The third-order valence-corrected chi connectivity index (χ3v) is 5.05. The molecule has 0 aliphatic carbocycles. The van der Waals surface area contributed by atoms with E-state index in [4.69, 9.17) is 19.8 Å². The molecule has 14 heteroatoms. The fraction of sp³-hybridized carbons (Fsp3) is 0.111. The summed E-state index contributed by atoms with van der Waals surface area (Å²) < 4.78 is 89.7. The van der Waals surface area contributed by atoms with Crippen molar-refractivity contribution in [3.63, 3.8) is 0 Å². The van der Waals surface area contributed by atoms with Crippen molar-refractivity contribution in [1.82, 2.24) is 3.97 Å². The van der Waals surface area contributed by atoms with Gasteiger partial charge in [0.05, 0.1) is 10.4 Å². The molecule has 3 rings (SSSR count). The van der Waals surface area contributed by atoms with Gasteiger partial charge in [0.1, 0.15) is 0 Å². The van der Waals surface area contributed by atoms with Gasteiger partial charge in [-0.2, -0.15) is 26.3 Å². The molecule has 32 heavy (non-hydrogen) atoms. The summed E-state index contributed by atoms with van der Waals surface area (Å²) in [6.45, 7) is 0. The summed E-state index contributed by atoms with van der Waals surface area (Å²) in [6, 6.07) is 17.7. The van der Waals surface area contributed by atoms with E-state index in [-0.39, 0.29) is 0 Å². The molecule has 0 saturated heterocycles. The van der Waals surface area contributed by atoms with Gasteiger partial charge in [0.25, 0.3) is 10.0 Å². The first-order valence-corrected chi connectivity index (χ1v) is 9.49. The molecule has 0 spiro atoms. The third-order valence-electron chi connectivity index (χ3n) is 3.35. The quantitative estimate of drug-likeness (QED) is 0.528. The number of aliphatic carboxylic acids is 2. The van der Waals surface area contributed by atoms with Crippen LogP contribution >= 0.6 is 0 Å². The smallest absolute Gasteiger partial charge is 0.475 e. The van der Waals surface area contributed by atoms with Gasteiger partial charge in [0.15, 0.2) is 0 Å². The molecule has 2 N–H and O–H groups in total. The number of carboxylic acids is 2. The van der Waals surface area contributed by atoms with Crippen molar-refractivity contribution < 1.29 is 54.6 Å². The number of alkyl halides is 6. The Hall–Kier alpha value is -3.55. The standard InChI is InChI=1S/C14H11NO2S.2C2HF3O2/c16-18(17,13-7-2-1-3-8-13)15-11-10-12-6-4-5-9-14(12)15;2*3-2(4,5)1(6)7/h1-11H;2*(H,6,7). The lowest BCUT2D eigenvalue weighted by molar-refractivity contribution is -0.193. The van der Waals surface area contributed by atoms with Crippen LogP contribution in [0, 0.1) is 0 Å². The van der Waals surface area contributed by atoms with Gasteiger partial charge in [0, 0.05) is 11.6 Å². The van der Waals surface area contributed by atoms with Gasteiger partial charge in [-0.25, -0.2) is 22.0 Å². The maximum atomic E-state index is 12.5. The lowest BCUT2D eigenvalue weighted by atomic mass is 10.3. The highest BCUT2D eigenvalue weighted by molar-refractivity contribution is 7.90. The fourth-order valence-electron chi connectivity index (χ4n) is 1.97. The Morgan fingerprint density at radius 1 is 0.719 bits per heavy atom. The molecule has 3 aromatic rings. The minimum atomic E-state index is -5.08. The van der Waals surface area contributed by atoms with Gasteiger partial charge >= 0.3 is 24.3 Å². The van der Waals surface area contributed by atoms with E-state index >= 15 is 0 Å². The molecule has 0 atom stereocenters. The molecule has 0 saturated carbocycles. The second-order valence-electron chi connectivity index (χ2n) is 5.59. The van der Waals surface area contributed by atoms with Crippen molar-refractivity contribution in [2.24, 2.45) is 0 Å². The Kier molecular flexibility index (Phi) is 8.42.